The Bertz CT molecular complexity index is 925. The highest BCUT2D eigenvalue weighted by atomic mass is 16.6. The number of amides is 1. The van der Waals surface area contributed by atoms with E-state index >= 15 is 0 Å². The van der Waals surface area contributed by atoms with Gasteiger partial charge in [0.2, 0.25) is 0 Å². The average Bonchev–Trinajstić information content (AvgIpc) is 2.67. The highest BCUT2D eigenvalue weighted by molar-refractivity contribution is 6.05. The van der Waals surface area contributed by atoms with Crippen molar-refractivity contribution in [1.82, 2.24) is 5.32 Å². The van der Waals surface area contributed by atoms with E-state index < -0.39 is 23.2 Å². The number of ether oxygens (including phenoxy) is 1. The monoisotopic (exact) mass is 376 g/mol. The number of Topliss-reactive ketones (excluding diaryl/α,β-unsaturated/α-hetero) is 1. The maximum absolute atomic E-state index is 13.4. The normalized spacial score (nSPS) is 19.9. The van der Waals surface area contributed by atoms with Gasteiger partial charge in [-0.25, -0.2) is 4.79 Å². The first kappa shape index (κ1) is 19.6. The summed E-state index contributed by atoms with van der Waals surface area (Å²) in [5.41, 5.74) is 0.0910. The fraction of sp³-hybridized carbons (Fsp3) is 0.348. The molecular formula is C23H24N2O3. The molecule has 0 heterocycles. The number of hydrogen-bond acceptors (Lipinski definition) is 4. The second kappa shape index (κ2) is 7.47. The van der Waals surface area contributed by atoms with Crippen molar-refractivity contribution in [2.24, 2.45) is 5.41 Å². The number of carbonyl (C=O) groups is 2. The van der Waals surface area contributed by atoms with Gasteiger partial charge in [0.25, 0.3) is 0 Å². The molecule has 1 amide bonds. The Morgan fingerprint density at radius 1 is 1.14 bits per heavy atom. The van der Waals surface area contributed by atoms with Crippen LogP contribution < -0.4 is 5.32 Å². The van der Waals surface area contributed by atoms with Crippen LogP contribution in [0.2, 0.25) is 0 Å². The van der Waals surface area contributed by atoms with Crippen molar-refractivity contribution >= 4 is 11.9 Å². The minimum atomic E-state index is -1.40. The van der Waals surface area contributed by atoms with E-state index in [2.05, 4.69) is 11.4 Å². The van der Waals surface area contributed by atoms with Crippen molar-refractivity contribution < 1.29 is 14.3 Å². The summed E-state index contributed by atoms with van der Waals surface area (Å²) in [5, 5.41) is 13.0. The van der Waals surface area contributed by atoms with Gasteiger partial charge in [0.05, 0.1) is 12.1 Å². The van der Waals surface area contributed by atoms with Gasteiger partial charge in [-0.05, 0) is 44.7 Å². The Morgan fingerprint density at radius 2 is 1.79 bits per heavy atom. The molecule has 28 heavy (non-hydrogen) atoms. The Labute approximate surface area is 165 Å². The van der Waals surface area contributed by atoms with Crippen LogP contribution in [0.1, 0.15) is 54.7 Å². The van der Waals surface area contributed by atoms with Gasteiger partial charge < -0.3 is 10.1 Å². The third kappa shape index (κ3) is 3.77. The van der Waals surface area contributed by atoms with Crippen molar-refractivity contribution in [1.29, 1.82) is 5.26 Å². The van der Waals surface area contributed by atoms with Crippen LogP contribution in [-0.2, 0) is 11.2 Å². The van der Waals surface area contributed by atoms with Crippen LogP contribution >= 0.6 is 0 Å². The number of nitrogens with one attached hydrogen (secondary N) is 1. The molecule has 144 valence electrons. The molecule has 0 saturated heterocycles. The molecule has 2 aromatic carbocycles. The number of alkyl carbamates (subject to hydrolysis) is 1. The molecule has 0 bridgehead atoms. The average molecular weight is 376 g/mol. The molecule has 1 N–H and O–H groups in total. The van der Waals surface area contributed by atoms with Gasteiger partial charge in [0.1, 0.15) is 11.0 Å². The molecule has 1 aliphatic rings. The molecule has 0 fully saturated rings. The summed E-state index contributed by atoms with van der Waals surface area (Å²) < 4.78 is 5.40. The fourth-order valence-corrected chi connectivity index (χ4v) is 3.65. The van der Waals surface area contributed by atoms with Crippen LogP contribution in [0.5, 0.6) is 0 Å². The summed E-state index contributed by atoms with van der Waals surface area (Å²) in [6.07, 6.45) is 0.270. The van der Waals surface area contributed by atoms with Crippen molar-refractivity contribution in [2.45, 2.75) is 45.3 Å². The number of hydrogen-bond donors (Lipinski definition) is 1. The first-order valence-corrected chi connectivity index (χ1v) is 9.35. The number of benzene rings is 2. The number of fused-ring (bicyclic) bond motifs is 1. The third-order valence-corrected chi connectivity index (χ3v) is 4.94. The predicted octanol–water partition coefficient (Wildman–Crippen LogP) is 4.59. The quantitative estimate of drug-likeness (QED) is 0.849. The Kier molecular flexibility index (Phi) is 5.24. The largest absolute Gasteiger partial charge is 0.444 e. The van der Waals surface area contributed by atoms with Crippen LogP contribution in [0.4, 0.5) is 4.79 Å². The first-order chi connectivity index (χ1) is 13.3. The van der Waals surface area contributed by atoms with Crippen molar-refractivity contribution in [3.8, 4) is 6.07 Å². The van der Waals surface area contributed by atoms with Gasteiger partial charge in [-0.15, -0.1) is 0 Å². The van der Waals surface area contributed by atoms with E-state index in [4.69, 9.17) is 4.74 Å². The molecule has 3 rings (SSSR count). The number of aryl methyl sites for hydroxylation is 1. The standard InChI is InChI=1S/C23H24N2O3/c1-22(2,3)28-21(27)25-19(17-10-5-4-6-11-17)23(15-24)14-13-16-9-7-8-12-18(16)20(23)26/h4-12,19H,13-14H2,1-3H3,(H,25,27)/t19-,23?/m0/s1. The lowest BCUT2D eigenvalue weighted by Gasteiger charge is -2.38. The van der Waals surface area contributed by atoms with Crippen LogP contribution in [0.3, 0.4) is 0 Å². The van der Waals surface area contributed by atoms with Crippen LogP contribution in [0.25, 0.3) is 0 Å². The maximum Gasteiger partial charge on any atom is 0.408 e. The zero-order valence-corrected chi connectivity index (χ0v) is 16.4. The lowest BCUT2D eigenvalue weighted by atomic mass is 9.65. The summed E-state index contributed by atoms with van der Waals surface area (Å²) in [4.78, 5) is 26.0. The highest BCUT2D eigenvalue weighted by Crippen LogP contribution is 2.44. The van der Waals surface area contributed by atoms with Crippen molar-refractivity contribution in [2.75, 3.05) is 0 Å². The zero-order chi connectivity index (χ0) is 20.4. The van der Waals surface area contributed by atoms with Crippen LogP contribution in [-0.4, -0.2) is 17.5 Å². The first-order valence-electron chi connectivity index (χ1n) is 9.35. The molecule has 0 radical (unpaired) electrons. The minimum Gasteiger partial charge on any atom is -0.444 e. The van der Waals surface area contributed by atoms with Gasteiger partial charge >= 0.3 is 6.09 Å². The number of nitriles is 1. The molecule has 1 unspecified atom stereocenters. The maximum atomic E-state index is 13.4. The summed E-state index contributed by atoms with van der Waals surface area (Å²) in [6.45, 7) is 5.31. The summed E-state index contributed by atoms with van der Waals surface area (Å²) in [5.74, 6) is -0.262. The van der Waals surface area contributed by atoms with Gasteiger partial charge in [-0.1, -0.05) is 54.6 Å². The zero-order valence-electron chi connectivity index (χ0n) is 16.4. The molecule has 2 aromatic rings. The number of ketones is 1. The topological polar surface area (TPSA) is 79.2 Å². The second-order valence-corrected chi connectivity index (χ2v) is 8.06. The van der Waals surface area contributed by atoms with E-state index in [-0.39, 0.29) is 5.78 Å². The van der Waals surface area contributed by atoms with E-state index in [0.717, 1.165) is 5.56 Å². The van der Waals surface area contributed by atoms with E-state index in [0.29, 0.717) is 24.0 Å². The smallest absolute Gasteiger partial charge is 0.408 e. The second-order valence-electron chi connectivity index (χ2n) is 8.06. The van der Waals surface area contributed by atoms with E-state index in [9.17, 15) is 14.9 Å². The summed E-state index contributed by atoms with van der Waals surface area (Å²) in [6, 6.07) is 17.9. The fourth-order valence-electron chi connectivity index (χ4n) is 3.65. The van der Waals surface area contributed by atoms with Gasteiger partial charge in [0.15, 0.2) is 5.78 Å². The molecule has 0 aromatic heterocycles. The summed E-state index contributed by atoms with van der Waals surface area (Å²) >= 11 is 0. The molecule has 0 spiro atoms. The third-order valence-electron chi connectivity index (χ3n) is 4.94. The Hall–Kier alpha value is -3.13. The van der Waals surface area contributed by atoms with Crippen molar-refractivity contribution in [3.63, 3.8) is 0 Å². The Morgan fingerprint density at radius 3 is 2.43 bits per heavy atom. The molecule has 0 saturated carbocycles. The number of nitrogens with zero attached hydrogens (tertiary/aromatic N) is 1. The summed E-state index contributed by atoms with van der Waals surface area (Å²) in [7, 11) is 0. The van der Waals surface area contributed by atoms with E-state index in [1.54, 1.807) is 32.9 Å². The Balaban J connectivity index is 2.05. The SMILES string of the molecule is CC(C)(C)OC(=O)N[C@@H](c1ccccc1)C1(C#N)CCc2ccccc2C1=O. The lowest BCUT2D eigenvalue weighted by Crippen LogP contribution is -2.48. The van der Waals surface area contributed by atoms with Crippen LogP contribution in [0.15, 0.2) is 54.6 Å². The lowest BCUT2D eigenvalue weighted by molar-refractivity contribution is 0.0451. The number of carbonyl (C=O) groups excluding carboxylic acids is 2. The van der Waals surface area contributed by atoms with E-state index in [1.807, 2.05) is 42.5 Å². The van der Waals surface area contributed by atoms with Gasteiger partial charge in [-0.3, -0.25) is 4.79 Å². The molecule has 1 aliphatic carbocycles. The highest BCUT2D eigenvalue weighted by Gasteiger charge is 2.50. The molecular weight excluding hydrogens is 352 g/mol. The number of rotatable bonds is 3. The van der Waals surface area contributed by atoms with Crippen molar-refractivity contribution in [3.05, 3.63) is 71.3 Å². The van der Waals surface area contributed by atoms with E-state index in [1.165, 1.54) is 0 Å². The van der Waals surface area contributed by atoms with Gasteiger partial charge in [0, 0.05) is 5.56 Å². The predicted molar refractivity (Wildman–Crippen MR) is 106 cm³/mol. The van der Waals surface area contributed by atoms with Crippen LogP contribution in [0, 0.1) is 16.7 Å². The molecule has 0 aliphatic heterocycles. The minimum absolute atomic E-state index is 0.262. The molecule has 5 nitrogen and oxygen atoms in total. The molecule has 2 atom stereocenters. The molecule has 5 heteroatoms. The van der Waals surface area contributed by atoms with Gasteiger partial charge in [-0.2, -0.15) is 5.26 Å².